The molecule has 0 radical (unpaired) electrons. The van der Waals surface area contributed by atoms with Gasteiger partial charge < -0.3 is 15.6 Å². The summed E-state index contributed by atoms with van der Waals surface area (Å²) in [7, 11) is 0. The van der Waals surface area contributed by atoms with Gasteiger partial charge in [-0.15, -0.1) is 0 Å². The minimum Gasteiger partial charge on any atom is -0.491 e. The van der Waals surface area contributed by atoms with E-state index in [1.807, 2.05) is 24.3 Å². The molecule has 1 aromatic carbocycles. The summed E-state index contributed by atoms with van der Waals surface area (Å²) in [5, 5.41) is 10.1. The average Bonchev–Trinajstić information content (AvgIpc) is 2.50. The highest BCUT2D eigenvalue weighted by atomic mass is 16.5. The number of hydrogen-bond donors (Lipinski definition) is 2. The summed E-state index contributed by atoms with van der Waals surface area (Å²) in [6.45, 7) is 8.84. The Morgan fingerprint density at radius 2 is 2.10 bits per heavy atom. The van der Waals surface area contributed by atoms with Crippen LogP contribution in [0.5, 0.6) is 5.75 Å². The van der Waals surface area contributed by atoms with Crippen molar-refractivity contribution < 1.29 is 9.84 Å². The van der Waals surface area contributed by atoms with Crippen LogP contribution in [-0.2, 0) is 6.54 Å². The number of ether oxygens (including phenoxy) is 1. The lowest BCUT2D eigenvalue weighted by atomic mass is 10.2. The van der Waals surface area contributed by atoms with Crippen LogP contribution in [-0.4, -0.2) is 41.8 Å². The Labute approximate surface area is 122 Å². The van der Waals surface area contributed by atoms with Crippen molar-refractivity contribution in [2.45, 2.75) is 45.9 Å². The van der Waals surface area contributed by atoms with Gasteiger partial charge in [0.25, 0.3) is 0 Å². The molecule has 0 aliphatic carbocycles. The van der Waals surface area contributed by atoms with E-state index < -0.39 is 6.10 Å². The quantitative estimate of drug-likeness (QED) is 0.726. The molecule has 0 aromatic heterocycles. The van der Waals surface area contributed by atoms with E-state index in [1.54, 1.807) is 0 Å². The fourth-order valence-corrected chi connectivity index (χ4v) is 2.16. The van der Waals surface area contributed by atoms with Crippen LogP contribution < -0.4 is 10.5 Å². The van der Waals surface area contributed by atoms with Crippen molar-refractivity contribution in [3.63, 3.8) is 0 Å². The topological polar surface area (TPSA) is 58.7 Å². The van der Waals surface area contributed by atoms with Crippen molar-refractivity contribution in [2.75, 3.05) is 19.7 Å². The number of hydrogen-bond acceptors (Lipinski definition) is 4. The Balaban J connectivity index is 2.43. The van der Waals surface area contributed by atoms with Gasteiger partial charge in [0.15, 0.2) is 0 Å². The molecule has 114 valence electrons. The first-order valence-corrected chi connectivity index (χ1v) is 7.44. The molecular weight excluding hydrogens is 252 g/mol. The van der Waals surface area contributed by atoms with E-state index in [2.05, 4.69) is 25.7 Å². The monoisotopic (exact) mass is 280 g/mol. The van der Waals surface area contributed by atoms with E-state index in [-0.39, 0.29) is 0 Å². The summed E-state index contributed by atoms with van der Waals surface area (Å²) in [6, 6.07) is 8.17. The lowest BCUT2D eigenvalue weighted by Gasteiger charge is -2.29. The van der Waals surface area contributed by atoms with Gasteiger partial charge >= 0.3 is 0 Å². The smallest absolute Gasteiger partial charge is 0.119 e. The largest absolute Gasteiger partial charge is 0.491 e. The number of rotatable bonds is 9. The van der Waals surface area contributed by atoms with E-state index in [9.17, 15) is 5.11 Å². The number of likely N-dealkylation sites (N-methyl/N-ethyl adjacent to an activating group) is 1. The van der Waals surface area contributed by atoms with Crippen molar-refractivity contribution in [2.24, 2.45) is 5.73 Å². The molecule has 0 saturated carbocycles. The third kappa shape index (κ3) is 5.49. The molecule has 20 heavy (non-hydrogen) atoms. The fraction of sp³-hybridized carbons (Fsp3) is 0.625. The molecule has 0 spiro atoms. The summed E-state index contributed by atoms with van der Waals surface area (Å²) in [5.41, 5.74) is 6.63. The first-order chi connectivity index (χ1) is 9.60. The molecule has 3 N–H and O–H groups in total. The Bertz CT molecular complexity index is 384. The number of aliphatic hydroxyl groups excluding tert-OH is 1. The molecule has 4 heteroatoms. The fourth-order valence-electron chi connectivity index (χ4n) is 2.16. The third-order valence-electron chi connectivity index (χ3n) is 3.64. The molecule has 1 rings (SSSR count). The van der Waals surface area contributed by atoms with E-state index in [0.717, 1.165) is 24.3 Å². The zero-order valence-electron chi connectivity index (χ0n) is 12.9. The molecule has 2 unspecified atom stereocenters. The summed E-state index contributed by atoms with van der Waals surface area (Å²) >= 11 is 0. The van der Waals surface area contributed by atoms with Crippen molar-refractivity contribution in [1.82, 2.24) is 4.90 Å². The Morgan fingerprint density at radius 3 is 2.70 bits per heavy atom. The van der Waals surface area contributed by atoms with Crippen LogP contribution in [0.4, 0.5) is 0 Å². The second-order valence-electron chi connectivity index (χ2n) is 5.16. The highest BCUT2D eigenvalue weighted by molar-refractivity contribution is 5.28. The summed E-state index contributed by atoms with van der Waals surface area (Å²) in [4.78, 5) is 2.27. The zero-order chi connectivity index (χ0) is 15.0. The molecule has 0 aliphatic rings. The molecule has 2 atom stereocenters. The minimum absolute atomic E-state index is 0.307. The van der Waals surface area contributed by atoms with Gasteiger partial charge in [0.05, 0.1) is 0 Å². The Morgan fingerprint density at radius 1 is 1.35 bits per heavy atom. The maximum Gasteiger partial charge on any atom is 0.119 e. The van der Waals surface area contributed by atoms with Gasteiger partial charge in [-0.1, -0.05) is 26.0 Å². The predicted octanol–water partition coefficient (Wildman–Crippen LogP) is 2.01. The molecule has 0 amide bonds. The van der Waals surface area contributed by atoms with E-state index in [0.29, 0.717) is 25.7 Å². The maximum absolute atomic E-state index is 10.1. The first kappa shape index (κ1) is 17.0. The van der Waals surface area contributed by atoms with Crippen LogP contribution in [0.25, 0.3) is 0 Å². The van der Waals surface area contributed by atoms with Gasteiger partial charge in [0.2, 0.25) is 0 Å². The van der Waals surface area contributed by atoms with E-state index in [4.69, 9.17) is 10.5 Å². The lowest BCUT2D eigenvalue weighted by Crippen LogP contribution is -2.40. The lowest BCUT2D eigenvalue weighted by molar-refractivity contribution is 0.0563. The summed E-state index contributed by atoms with van der Waals surface area (Å²) in [6.07, 6.45) is 0.602. The average molecular weight is 280 g/mol. The molecular formula is C16H28N2O2. The summed E-state index contributed by atoms with van der Waals surface area (Å²) in [5.74, 6) is 0.763. The second-order valence-corrected chi connectivity index (χ2v) is 5.16. The maximum atomic E-state index is 10.1. The molecule has 0 heterocycles. The standard InChI is InChI=1S/C16H28N2O2/c1-4-13(3)18(5-2)11-15(19)12-20-16-8-6-7-14(9-16)10-17/h6-9,13,15,19H,4-5,10-12,17H2,1-3H3. The summed E-state index contributed by atoms with van der Waals surface area (Å²) < 4.78 is 5.64. The number of nitrogens with zero attached hydrogens (tertiary/aromatic N) is 1. The van der Waals surface area contributed by atoms with E-state index >= 15 is 0 Å². The van der Waals surface area contributed by atoms with Crippen LogP contribution in [0.3, 0.4) is 0 Å². The predicted molar refractivity (Wildman–Crippen MR) is 82.8 cm³/mol. The van der Waals surface area contributed by atoms with Gasteiger partial charge in [-0.05, 0) is 37.6 Å². The van der Waals surface area contributed by atoms with Gasteiger partial charge in [-0.2, -0.15) is 0 Å². The zero-order valence-corrected chi connectivity index (χ0v) is 12.9. The van der Waals surface area contributed by atoms with Crippen molar-refractivity contribution in [1.29, 1.82) is 0 Å². The van der Waals surface area contributed by atoms with Crippen LogP contribution in [0.1, 0.15) is 32.8 Å². The van der Waals surface area contributed by atoms with Gasteiger partial charge in [-0.25, -0.2) is 0 Å². The SMILES string of the molecule is CCC(C)N(CC)CC(O)COc1cccc(CN)c1. The number of nitrogens with two attached hydrogens (primary N) is 1. The van der Waals surface area contributed by atoms with Crippen molar-refractivity contribution >= 4 is 0 Å². The highest BCUT2D eigenvalue weighted by Crippen LogP contribution is 2.13. The Kier molecular flexibility index (Phi) is 7.59. The van der Waals surface area contributed by atoms with Crippen molar-refractivity contribution in [3.05, 3.63) is 29.8 Å². The van der Waals surface area contributed by atoms with Crippen LogP contribution >= 0.6 is 0 Å². The van der Waals surface area contributed by atoms with Crippen molar-refractivity contribution in [3.8, 4) is 5.75 Å². The second kappa shape index (κ2) is 8.95. The molecule has 1 aromatic rings. The van der Waals surface area contributed by atoms with Gasteiger partial charge in [0.1, 0.15) is 18.5 Å². The van der Waals surface area contributed by atoms with Crippen LogP contribution in [0, 0.1) is 0 Å². The molecule has 4 nitrogen and oxygen atoms in total. The Hall–Kier alpha value is -1.10. The highest BCUT2D eigenvalue weighted by Gasteiger charge is 2.15. The van der Waals surface area contributed by atoms with Crippen LogP contribution in [0.15, 0.2) is 24.3 Å². The molecule has 0 saturated heterocycles. The first-order valence-electron chi connectivity index (χ1n) is 7.44. The van der Waals surface area contributed by atoms with Crippen LogP contribution in [0.2, 0.25) is 0 Å². The van der Waals surface area contributed by atoms with E-state index in [1.165, 1.54) is 0 Å². The third-order valence-corrected chi connectivity index (χ3v) is 3.64. The molecule has 0 aliphatic heterocycles. The molecule has 0 bridgehead atoms. The number of aliphatic hydroxyl groups is 1. The number of benzene rings is 1. The molecule has 0 fully saturated rings. The van der Waals surface area contributed by atoms with Gasteiger partial charge in [-0.3, -0.25) is 4.90 Å². The minimum atomic E-state index is -0.481. The normalized spacial score (nSPS) is 14.3. The van der Waals surface area contributed by atoms with Gasteiger partial charge in [0, 0.05) is 19.1 Å².